The van der Waals surface area contributed by atoms with Gasteiger partial charge in [0.1, 0.15) is 0 Å². The highest BCUT2D eigenvalue weighted by atomic mass is 15.0. The quantitative estimate of drug-likeness (QED) is 0.584. The molecule has 2 N–H and O–H groups in total. The maximum atomic E-state index is 3.56. The maximum Gasteiger partial charge on any atom is 0.00794 e. The predicted octanol–water partition coefficient (Wildman–Crippen LogP) is 2.15. The molecule has 0 amide bonds. The summed E-state index contributed by atoms with van der Waals surface area (Å²) in [4.78, 5) is 0. The summed E-state index contributed by atoms with van der Waals surface area (Å²) in [7, 11) is 0. The Bertz CT molecular complexity index is 141. The van der Waals surface area contributed by atoms with Crippen molar-refractivity contribution >= 4 is 0 Å². The van der Waals surface area contributed by atoms with Crippen LogP contribution in [0.15, 0.2) is 0 Å². The molecule has 0 aliphatic heterocycles. The molecule has 2 nitrogen and oxygen atoms in total. The minimum Gasteiger partial charge on any atom is -0.313 e. The van der Waals surface area contributed by atoms with E-state index in [4.69, 9.17) is 0 Å². The first kappa shape index (κ1) is 12.0. The van der Waals surface area contributed by atoms with Gasteiger partial charge in [0, 0.05) is 25.2 Å². The van der Waals surface area contributed by atoms with Crippen molar-refractivity contribution in [3.63, 3.8) is 0 Å². The van der Waals surface area contributed by atoms with Crippen LogP contribution in [0, 0.1) is 5.92 Å². The Morgan fingerprint density at radius 2 is 1.79 bits per heavy atom. The summed E-state index contributed by atoms with van der Waals surface area (Å²) >= 11 is 0. The van der Waals surface area contributed by atoms with Gasteiger partial charge >= 0.3 is 0 Å². The summed E-state index contributed by atoms with van der Waals surface area (Å²) in [5.74, 6) is 0.837. The molecule has 0 aromatic rings. The van der Waals surface area contributed by atoms with Crippen molar-refractivity contribution in [3.05, 3.63) is 0 Å². The summed E-state index contributed by atoms with van der Waals surface area (Å²) in [6, 6.07) is 1.53. The summed E-state index contributed by atoms with van der Waals surface area (Å²) in [6.45, 7) is 9.13. The van der Waals surface area contributed by atoms with E-state index in [2.05, 4.69) is 31.4 Å². The van der Waals surface area contributed by atoms with Crippen LogP contribution >= 0.6 is 0 Å². The largest absolute Gasteiger partial charge is 0.313 e. The van der Waals surface area contributed by atoms with Crippen LogP contribution in [0.4, 0.5) is 0 Å². The predicted molar refractivity (Wildman–Crippen MR) is 62.6 cm³/mol. The van der Waals surface area contributed by atoms with Gasteiger partial charge in [-0.25, -0.2) is 0 Å². The molecule has 2 heteroatoms. The number of hydrogen-bond donors (Lipinski definition) is 2. The zero-order valence-electron chi connectivity index (χ0n) is 9.97. The van der Waals surface area contributed by atoms with E-state index in [1.165, 1.54) is 25.7 Å². The number of nitrogens with one attached hydrogen (secondary N) is 2. The normalized spacial score (nSPS) is 18.9. The summed E-state index contributed by atoms with van der Waals surface area (Å²) in [5, 5.41) is 7.07. The molecule has 14 heavy (non-hydrogen) atoms. The lowest BCUT2D eigenvalue weighted by molar-refractivity contribution is 0.447. The zero-order valence-corrected chi connectivity index (χ0v) is 9.97. The average Bonchev–Trinajstić information content (AvgIpc) is 2.92. The first-order valence-corrected chi connectivity index (χ1v) is 6.15. The van der Waals surface area contributed by atoms with Gasteiger partial charge in [0.15, 0.2) is 0 Å². The average molecular weight is 198 g/mol. The third kappa shape index (κ3) is 6.39. The van der Waals surface area contributed by atoms with Crippen molar-refractivity contribution in [2.75, 3.05) is 13.1 Å². The van der Waals surface area contributed by atoms with E-state index in [9.17, 15) is 0 Å². The first-order chi connectivity index (χ1) is 6.68. The zero-order chi connectivity index (χ0) is 10.4. The number of hydrogen-bond acceptors (Lipinski definition) is 2. The fourth-order valence-corrected chi connectivity index (χ4v) is 1.57. The van der Waals surface area contributed by atoms with Gasteiger partial charge in [-0.15, -0.1) is 0 Å². The Balaban J connectivity index is 1.83. The molecule has 0 bridgehead atoms. The molecule has 84 valence electrons. The van der Waals surface area contributed by atoms with Crippen LogP contribution in [0.5, 0.6) is 0 Å². The maximum absolute atomic E-state index is 3.56. The molecule has 1 unspecified atom stereocenters. The molecule has 0 spiro atoms. The third-order valence-corrected chi connectivity index (χ3v) is 2.81. The van der Waals surface area contributed by atoms with Gasteiger partial charge < -0.3 is 10.6 Å². The molecule has 1 fully saturated rings. The van der Waals surface area contributed by atoms with E-state index in [-0.39, 0.29) is 0 Å². The SMILES string of the molecule is CC(C)CCC(C)NCCNC1CC1. The fraction of sp³-hybridized carbons (Fsp3) is 1.00. The van der Waals surface area contributed by atoms with Gasteiger partial charge in [0.05, 0.1) is 0 Å². The Morgan fingerprint density at radius 3 is 2.36 bits per heavy atom. The lowest BCUT2D eigenvalue weighted by Gasteiger charge is -2.15. The summed E-state index contributed by atoms with van der Waals surface area (Å²) < 4.78 is 0. The van der Waals surface area contributed by atoms with Crippen LogP contribution in [0.25, 0.3) is 0 Å². The van der Waals surface area contributed by atoms with Gasteiger partial charge in [0.25, 0.3) is 0 Å². The second-order valence-corrected chi connectivity index (χ2v) is 5.05. The van der Waals surface area contributed by atoms with Crippen LogP contribution in [0.3, 0.4) is 0 Å². The van der Waals surface area contributed by atoms with Crippen molar-refractivity contribution < 1.29 is 0 Å². The second-order valence-electron chi connectivity index (χ2n) is 5.05. The van der Waals surface area contributed by atoms with Gasteiger partial charge in [-0.05, 0) is 38.5 Å². The highest BCUT2D eigenvalue weighted by Crippen LogP contribution is 2.17. The van der Waals surface area contributed by atoms with Crippen LogP contribution in [0.1, 0.15) is 46.5 Å². The highest BCUT2D eigenvalue weighted by Gasteiger charge is 2.19. The van der Waals surface area contributed by atoms with E-state index in [0.717, 1.165) is 25.0 Å². The topological polar surface area (TPSA) is 24.1 Å². The Morgan fingerprint density at radius 1 is 1.07 bits per heavy atom. The van der Waals surface area contributed by atoms with Crippen molar-refractivity contribution in [2.45, 2.75) is 58.5 Å². The molecule has 0 radical (unpaired) electrons. The molecule has 1 saturated carbocycles. The lowest BCUT2D eigenvalue weighted by Crippen LogP contribution is -2.34. The molecule has 1 aliphatic carbocycles. The second kappa shape index (κ2) is 6.41. The van der Waals surface area contributed by atoms with Crippen LogP contribution < -0.4 is 10.6 Å². The fourth-order valence-electron chi connectivity index (χ4n) is 1.57. The van der Waals surface area contributed by atoms with Crippen LogP contribution in [-0.2, 0) is 0 Å². The Kier molecular flexibility index (Phi) is 5.49. The molecule has 0 aromatic carbocycles. The molecule has 1 atom stereocenters. The van der Waals surface area contributed by atoms with E-state index in [1.807, 2.05) is 0 Å². The van der Waals surface area contributed by atoms with Crippen LogP contribution in [0.2, 0.25) is 0 Å². The van der Waals surface area contributed by atoms with Gasteiger partial charge in [-0.1, -0.05) is 13.8 Å². The standard InChI is InChI=1S/C12H26N2/c1-10(2)4-5-11(3)13-8-9-14-12-6-7-12/h10-14H,4-9H2,1-3H3. The molecule has 0 aromatic heterocycles. The minimum atomic E-state index is 0.679. The van der Waals surface area contributed by atoms with E-state index < -0.39 is 0 Å². The van der Waals surface area contributed by atoms with E-state index in [1.54, 1.807) is 0 Å². The summed E-state index contributed by atoms with van der Waals surface area (Å²) in [5.41, 5.74) is 0. The minimum absolute atomic E-state index is 0.679. The van der Waals surface area contributed by atoms with Gasteiger partial charge in [-0.3, -0.25) is 0 Å². The third-order valence-electron chi connectivity index (χ3n) is 2.81. The molecule has 1 aliphatic rings. The molecule has 1 rings (SSSR count). The molecule has 0 saturated heterocycles. The smallest absolute Gasteiger partial charge is 0.00794 e. The first-order valence-electron chi connectivity index (χ1n) is 6.15. The number of rotatable bonds is 8. The highest BCUT2D eigenvalue weighted by molar-refractivity contribution is 4.80. The molecule has 0 heterocycles. The Labute approximate surface area is 88.8 Å². The van der Waals surface area contributed by atoms with Crippen molar-refractivity contribution in [1.82, 2.24) is 10.6 Å². The molecular weight excluding hydrogens is 172 g/mol. The van der Waals surface area contributed by atoms with Crippen molar-refractivity contribution in [2.24, 2.45) is 5.92 Å². The summed E-state index contributed by atoms with van der Waals surface area (Å²) in [6.07, 6.45) is 5.43. The monoisotopic (exact) mass is 198 g/mol. The van der Waals surface area contributed by atoms with E-state index in [0.29, 0.717) is 6.04 Å². The van der Waals surface area contributed by atoms with Gasteiger partial charge in [0.2, 0.25) is 0 Å². The van der Waals surface area contributed by atoms with Crippen LogP contribution in [-0.4, -0.2) is 25.2 Å². The molecular formula is C12H26N2. The Hall–Kier alpha value is -0.0800. The van der Waals surface area contributed by atoms with Gasteiger partial charge in [-0.2, -0.15) is 0 Å². The van der Waals surface area contributed by atoms with Crippen molar-refractivity contribution in [1.29, 1.82) is 0 Å². The van der Waals surface area contributed by atoms with E-state index >= 15 is 0 Å². The lowest BCUT2D eigenvalue weighted by atomic mass is 10.0. The van der Waals surface area contributed by atoms with Crippen molar-refractivity contribution in [3.8, 4) is 0 Å².